The van der Waals surface area contributed by atoms with Crippen LogP contribution >= 0.6 is 0 Å². The van der Waals surface area contributed by atoms with Crippen LogP contribution in [0.15, 0.2) is 18.2 Å². The lowest BCUT2D eigenvalue weighted by atomic mass is 10.1. The second-order valence-electron chi connectivity index (χ2n) is 6.99. The fourth-order valence-electron chi connectivity index (χ4n) is 3.36. The number of carbonyl (C=O) groups is 2. The van der Waals surface area contributed by atoms with Crippen molar-refractivity contribution in [3.63, 3.8) is 0 Å². The Morgan fingerprint density at radius 1 is 1.24 bits per heavy atom. The third kappa shape index (κ3) is 5.85. The second kappa shape index (κ2) is 9.96. The third-order valence-corrected chi connectivity index (χ3v) is 6.73. The van der Waals surface area contributed by atoms with Gasteiger partial charge in [-0.25, -0.2) is 13.2 Å². The molecule has 0 N–H and O–H groups in total. The first-order valence-corrected chi connectivity index (χ1v) is 11.5. The maximum Gasteiger partial charge on any atom is 0.338 e. The van der Waals surface area contributed by atoms with Crippen LogP contribution in [0.4, 0.5) is 0 Å². The standard InChI is InChI=1S/C20H29NO7S/c1-5-14(3)21(16-9-10-29(24,25)13-16)19(22)12-28-20(23)15-7-8-17(26-4)18(11-15)27-6-2/h7-8,11,14,16H,5-6,9-10,12-13H2,1-4H3/t14-,16-/m0/s1. The number of esters is 1. The molecule has 0 unspecified atom stereocenters. The summed E-state index contributed by atoms with van der Waals surface area (Å²) in [5.74, 6) is -0.131. The first-order chi connectivity index (χ1) is 13.7. The van der Waals surface area contributed by atoms with Gasteiger partial charge in [0.1, 0.15) is 0 Å². The molecular weight excluding hydrogens is 398 g/mol. The molecule has 2 atom stereocenters. The van der Waals surface area contributed by atoms with Crippen LogP contribution in [0.25, 0.3) is 0 Å². The number of carbonyl (C=O) groups excluding carboxylic acids is 2. The molecule has 0 aliphatic carbocycles. The Labute approximate surface area is 172 Å². The fraction of sp³-hybridized carbons (Fsp3) is 0.600. The number of hydrogen-bond donors (Lipinski definition) is 0. The molecule has 1 aliphatic heterocycles. The lowest BCUT2D eigenvalue weighted by Gasteiger charge is -2.33. The molecule has 1 saturated heterocycles. The molecule has 1 aromatic rings. The molecule has 1 aliphatic rings. The van der Waals surface area contributed by atoms with Crippen molar-refractivity contribution < 1.29 is 32.2 Å². The molecule has 8 nitrogen and oxygen atoms in total. The number of sulfone groups is 1. The van der Waals surface area contributed by atoms with Crippen molar-refractivity contribution in [2.24, 2.45) is 0 Å². The van der Waals surface area contributed by atoms with E-state index >= 15 is 0 Å². The minimum Gasteiger partial charge on any atom is -0.493 e. The normalized spacial score (nSPS) is 18.7. The van der Waals surface area contributed by atoms with Crippen LogP contribution in [-0.2, 0) is 19.4 Å². The topological polar surface area (TPSA) is 99.2 Å². The molecule has 0 aromatic heterocycles. The average molecular weight is 428 g/mol. The summed E-state index contributed by atoms with van der Waals surface area (Å²) in [6.45, 7) is 5.56. The van der Waals surface area contributed by atoms with E-state index in [1.54, 1.807) is 11.0 Å². The zero-order valence-corrected chi connectivity index (χ0v) is 18.2. The van der Waals surface area contributed by atoms with Gasteiger partial charge in [0.25, 0.3) is 5.91 Å². The van der Waals surface area contributed by atoms with E-state index in [1.165, 1.54) is 19.2 Å². The number of nitrogens with zero attached hydrogens (tertiary/aromatic N) is 1. The van der Waals surface area contributed by atoms with Crippen LogP contribution in [0, 0.1) is 0 Å². The number of rotatable bonds is 9. The summed E-state index contributed by atoms with van der Waals surface area (Å²) >= 11 is 0. The molecule has 9 heteroatoms. The van der Waals surface area contributed by atoms with Gasteiger partial charge in [0.05, 0.1) is 30.8 Å². The zero-order chi connectivity index (χ0) is 21.6. The second-order valence-corrected chi connectivity index (χ2v) is 9.22. The average Bonchev–Trinajstić information content (AvgIpc) is 3.05. The maximum absolute atomic E-state index is 12.8. The van der Waals surface area contributed by atoms with E-state index in [-0.39, 0.29) is 29.2 Å². The van der Waals surface area contributed by atoms with Gasteiger partial charge in [0.15, 0.2) is 27.9 Å². The van der Waals surface area contributed by atoms with E-state index in [2.05, 4.69) is 0 Å². The van der Waals surface area contributed by atoms with Gasteiger partial charge in [0.2, 0.25) is 0 Å². The molecule has 1 fully saturated rings. The Hall–Kier alpha value is -2.29. The number of ether oxygens (including phenoxy) is 3. The number of amides is 1. The molecule has 0 radical (unpaired) electrons. The van der Waals surface area contributed by atoms with Gasteiger partial charge < -0.3 is 19.1 Å². The van der Waals surface area contributed by atoms with Crippen molar-refractivity contribution in [3.8, 4) is 11.5 Å². The highest BCUT2D eigenvalue weighted by Crippen LogP contribution is 2.28. The monoisotopic (exact) mass is 427 g/mol. The molecule has 29 heavy (non-hydrogen) atoms. The van der Waals surface area contributed by atoms with Crippen LogP contribution in [0.3, 0.4) is 0 Å². The Bertz CT molecular complexity index is 837. The van der Waals surface area contributed by atoms with Gasteiger partial charge in [0, 0.05) is 12.1 Å². The molecule has 162 valence electrons. The molecule has 0 spiro atoms. The molecule has 2 rings (SSSR count). The van der Waals surface area contributed by atoms with E-state index in [0.717, 1.165) is 0 Å². The Balaban J connectivity index is 2.07. The summed E-state index contributed by atoms with van der Waals surface area (Å²) in [7, 11) is -1.63. The molecule has 0 bridgehead atoms. The fourth-order valence-corrected chi connectivity index (χ4v) is 5.07. The smallest absolute Gasteiger partial charge is 0.338 e. The van der Waals surface area contributed by atoms with Crippen LogP contribution < -0.4 is 9.47 Å². The van der Waals surface area contributed by atoms with Gasteiger partial charge in [-0.1, -0.05) is 6.92 Å². The molecule has 0 saturated carbocycles. The quantitative estimate of drug-likeness (QED) is 0.556. The highest BCUT2D eigenvalue weighted by atomic mass is 32.2. The summed E-state index contributed by atoms with van der Waals surface area (Å²) < 4.78 is 39.5. The SMILES string of the molecule is CCOc1cc(C(=O)OCC(=O)N([C@H]2CCS(=O)(=O)C2)[C@@H](C)CC)ccc1OC. The number of benzene rings is 1. The van der Waals surface area contributed by atoms with Crippen LogP contribution in [0.2, 0.25) is 0 Å². The summed E-state index contributed by atoms with van der Waals surface area (Å²) in [4.78, 5) is 26.7. The summed E-state index contributed by atoms with van der Waals surface area (Å²) in [6, 6.07) is 4.10. The van der Waals surface area contributed by atoms with E-state index < -0.39 is 28.3 Å². The highest BCUT2D eigenvalue weighted by molar-refractivity contribution is 7.91. The van der Waals surface area contributed by atoms with Crippen molar-refractivity contribution in [3.05, 3.63) is 23.8 Å². The van der Waals surface area contributed by atoms with Crippen LogP contribution in [0.5, 0.6) is 11.5 Å². The zero-order valence-electron chi connectivity index (χ0n) is 17.3. The lowest BCUT2D eigenvalue weighted by molar-refractivity contribution is -0.138. The Kier molecular flexibility index (Phi) is 7.89. The molecule has 1 amide bonds. The van der Waals surface area contributed by atoms with Crippen molar-refractivity contribution in [2.75, 3.05) is 31.8 Å². The minimum atomic E-state index is -3.13. The number of hydrogen-bond acceptors (Lipinski definition) is 7. The Morgan fingerprint density at radius 2 is 1.97 bits per heavy atom. The van der Waals surface area contributed by atoms with Crippen LogP contribution in [-0.4, -0.2) is 69.1 Å². The summed E-state index contributed by atoms with van der Waals surface area (Å²) in [5.41, 5.74) is 0.237. The maximum atomic E-state index is 12.8. The largest absolute Gasteiger partial charge is 0.493 e. The van der Waals surface area contributed by atoms with E-state index in [0.29, 0.717) is 30.9 Å². The van der Waals surface area contributed by atoms with E-state index in [9.17, 15) is 18.0 Å². The van der Waals surface area contributed by atoms with Gasteiger partial charge in [-0.15, -0.1) is 0 Å². The Morgan fingerprint density at radius 3 is 2.52 bits per heavy atom. The molecular formula is C20H29NO7S. The summed E-state index contributed by atoms with van der Waals surface area (Å²) in [5, 5.41) is 0. The van der Waals surface area contributed by atoms with E-state index in [4.69, 9.17) is 14.2 Å². The third-order valence-electron chi connectivity index (χ3n) is 4.98. The van der Waals surface area contributed by atoms with Crippen molar-refractivity contribution in [1.29, 1.82) is 0 Å². The minimum absolute atomic E-state index is 0.0484. The predicted octanol–water partition coefficient (Wildman–Crippen LogP) is 2.06. The van der Waals surface area contributed by atoms with Gasteiger partial charge >= 0.3 is 5.97 Å². The number of methoxy groups -OCH3 is 1. The summed E-state index contributed by atoms with van der Waals surface area (Å²) in [6.07, 6.45) is 1.08. The van der Waals surface area contributed by atoms with Crippen molar-refractivity contribution in [1.82, 2.24) is 4.90 Å². The van der Waals surface area contributed by atoms with Crippen LogP contribution in [0.1, 0.15) is 44.0 Å². The van der Waals surface area contributed by atoms with E-state index in [1.807, 2.05) is 20.8 Å². The van der Waals surface area contributed by atoms with Crippen molar-refractivity contribution in [2.45, 2.75) is 45.7 Å². The first kappa shape index (κ1) is 23.0. The predicted molar refractivity (Wildman–Crippen MR) is 108 cm³/mol. The van der Waals surface area contributed by atoms with Gasteiger partial charge in [-0.3, -0.25) is 4.79 Å². The van der Waals surface area contributed by atoms with Crippen molar-refractivity contribution >= 4 is 21.7 Å². The molecule has 1 heterocycles. The lowest BCUT2D eigenvalue weighted by Crippen LogP contribution is -2.48. The highest BCUT2D eigenvalue weighted by Gasteiger charge is 2.36. The first-order valence-electron chi connectivity index (χ1n) is 9.71. The van der Waals surface area contributed by atoms with Gasteiger partial charge in [-0.2, -0.15) is 0 Å². The molecule has 1 aromatic carbocycles. The van der Waals surface area contributed by atoms with Gasteiger partial charge in [-0.05, 0) is 44.9 Å².